The second kappa shape index (κ2) is 11.1. The SMILES string of the molecule is C=C1/C=C/[C@H](OC(=O)CCC)[C@]2(C)C=C[C@@H](OC(C)=O)[C@@](C)(O)[C@@H]2[C@H](OC(C)=O)[C@@]2(O)[C@@H](C)C(=O)O[C@H]2[C@H]1Cl. The molecule has 0 aromatic carbocycles. The van der Waals surface area contributed by atoms with Crippen molar-refractivity contribution in [2.45, 2.75) is 95.4 Å². The van der Waals surface area contributed by atoms with Crippen LogP contribution in [0.25, 0.3) is 0 Å². The highest BCUT2D eigenvalue weighted by atomic mass is 35.5. The van der Waals surface area contributed by atoms with Crippen molar-refractivity contribution in [3.8, 4) is 0 Å². The molecule has 0 amide bonds. The van der Waals surface area contributed by atoms with Crippen molar-refractivity contribution < 1.29 is 48.3 Å². The lowest BCUT2D eigenvalue weighted by atomic mass is 9.55. The van der Waals surface area contributed by atoms with Crippen molar-refractivity contribution in [1.82, 2.24) is 0 Å². The Balaban J connectivity index is 2.39. The third-order valence-electron chi connectivity index (χ3n) is 8.03. The van der Waals surface area contributed by atoms with Gasteiger partial charge in [0.2, 0.25) is 0 Å². The predicted octanol–water partition coefficient (Wildman–Crippen LogP) is 2.53. The molecular weight excluding hydrogens is 532 g/mol. The second-order valence-electron chi connectivity index (χ2n) is 11.0. The van der Waals surface area contributed by atoms with Gasteiger partial charge in [-0.1, -0.05) is 32.6 Å². The molecule has 1 saturated heterocycles. The maximum Gasteiger partial charge on any atom is 0.312 e. The topological polar surface area (TPSA) is 146 Å². The number of fused-ring (bicyclic) bond motifs is 2. The Labute approximate surface area is 232 Å². The van der Waals surface area contributed by atoms with Gasteiger partial charge >= 0.3 is 23.9 Å². The molecule has 0 aromatic heterocycles. The van der Waals surface area contributed by atoms with Gasteiger partial charge in [0.05, 0.1) is 11.3 Å². The molecule has 0 spiro atoms. The molecule has 216 valence electrons. The Bertz CT molecular complexity index is 1100. The lowest BCUT2D eigenvalue weighted by Crippen LogP contribution is -2.70. The lowest BCUT2D eigenvalue weighted by molar-refractivity contribution is -0.242. The maximum absolute atomic E-state index is 12.9. The summed E-state index contributed by atoms with van der Waals surface area (Å²) in [5.74, 6) is -5.43. The Kier molecular flexibility index (Phi) is 8.75. The summed E-state index contributed by atoms with van der Waals surface area (Å²) in [6.45, 7) is 12.5. The maximum atomic E-state index is 12.9. The summed E-state index contributed by atoms with van der Waals surface area (Å²) >= 11 is 6.69. The van der Waals surface area contributed by atoms with Crippen molar-refractivity contribution in [3.05, 3.63) is 36.5 Å². The van der Waals surface area contributed by atoms with E-state index in [4.69, 9.17) is 30.5 Å². The molecular formula is C28H37ClO10. The molecule has 1 fully saturated rings. The second-order valence-corrected chi connectivity index (χ2v) is 11.4. The minimum Gasteiger partial charge on any atom is -0.459 e. The molecule has 11 heteroatoms. The van der Waals surface area contributed by atoms with Gasteiger partial charge in [0.1, 0.15) is 23.9 Å². The zero-order chi connectivity index (χ0) is 29.5. The van der Waals surface area contributed by atoms with Crippen LogP contribution in [-0.2, 0) is 38.1 Å². The number of esters is 4. The minimum absolute atomic E-state index is 0.110. The molecule has 0 unspecified atom stereocenters. The highest BCUT2D eigenvalue weighted by Crippen LogP contribution is 2.55. The normalized spacial score (nSPS) is 42.4. The van der Waals surface area contributed by atoms with Crippen LogP contribution in [0.3, 0.4) is 0 Å². The predicted molar refractivity (Wildman–Crippen MR) is 139 cm³/mol. The van der Waals surface area contributed by atoms with E-state index in [9.17, 15) is 29.4 Å². The van der Waals surface area contributed by atoms with Crippen molar-refractivity contribution in [1.29, 1.82) is 0 Å². The third kappa shape index (κ3) is 5.38. The summed E-state index contributed by atoms with van der Waals surface area (Å²) < 4.78 is 22.6. The standard InChI is InChI=1S/C28H37ClO10/c1-8-9-20(32)38-18-11-10-14(2)21(29)23-28(35,15(3)25(33)39-23)24(37-17(5)31)22-26(18,6)13-12-19(27(22,7)34)36-16(4)30/h10-13,15,18-19,21-24,34-35H,2,8-9H2,1,3-7H3/b11-10+/t15-,18-,19+,21-,22+,23-,24-,26-,27+,28+/m0/s1. The fourth-order valence-corrected chi connectivity index (χ4v) is 6.31. The summed E-state index contributed by atoms with van der Waals surface area (Å²) in [4.78, 5) is 50.1. The summed E-state index contributed by atoms with van der Waals surface area (Å²) in [5.41, 5.74) is -5.44. The van der Waals surface area contributed by atoms with Gasteiger partial charge in [-0.15, -0.1) is 11.6 Å². The molecule has 3 rings (SSSR count). The molecule has 1 heterocycles. The number of halogens is 1. The molecule has 2 N–H and O–H groups in total. The van der Waals surface area contributed by atoms with E-state index < -0.39 is 82.1 Å². The minimum atomic E-state index is -2.27. The van der Waals surface area contributed by atoms with Crippen molar-refractivity contribution in [2.75, 3.05) is 0 Å². The van der Waals surface area contributed by atoms with Crippen LogP contribution in [0.5, 0.6) is 0 Å². The van der Waals surface area contributed by atoms with Gasteiger partial charge in [-0.2, -0.15) is 0 Å². The first-order valence-corrected chi connectivity index (χ1v) is 13.3. The van der Waals surface area contributed by atoms with E-state index in [0.29, 0.717) is 6.42 Å². The number of carbonyl (C=O) groups excluding carboxylic acids is 4. The van der Waals surface area contributed by atoms with Gasteiger partial charge in [0, 0.05) is 31.6 Å². The molecule has 2 aliphatic carbocycles. The number of allylic oxidation sites excluding steroid dienone is 1. The quantitative estimate of drug-likeness (QED) is 0.219. The lowest BCUT2D eigenvalue weighted by Gasteiger charge is -2.56. The Morgan fingerprint density at radius 2 is 1.69 bits per heavy atom. The third-order valence-corrected chi connectivity index (χ3v) is 8.54. The van der Waals surface area contributed by atoms with Crippen LogP contribution >= 0.6 is 11.6 Å². The van der Waals surface area contributed by atoms with Crippen LogP contribution in [0.2, 0.25) is 0 Å². The molecule has 0 radical (unpaired) electrons. The highest BCUT2D eigenvalue weighted by molar-refractivity contribution is 6.23. The fourth-order valence-electron chi connectivity index (χ4n) is 5.98. The smallest absolute Gasteiger partial charge is 0.312 e. The number of hydrogen-bond acceptors (Lipinski definition) is 10. The zero-order valence-electron chi connectivity index (χ0n) is 23.0. The number of rotatable bonds is 5. The van der Waals surface area contributed by atoms with Crippen molar-refractivity contribution >= 4 is 35.5 Å². The average Bonchev–Trinajstić information content (AvgIpc) is 3.06. The van der Waals surface area contributed by atoms with Crippen molar-refractivity contribution in [2.24, 2.45) is 17.3 Å². The van der Waals surface area contributed by atoms with Gasteiger partial charge in [0.15, 0.2) is 11.7 Å². The number of aliphatic hydroxyl groups is 2. The molecule has 10 atom stereocenters. The first-order valence-electron chi connectivity index (χ1n) is 12.9. The molecule has 3 aliphatic rings. The summed E-state index contributed by atoms with van der Waals surface area (Å²) in [7, 11) is 0. The monoisotopic (exact) mass is 568 g/mol. The fraction of sp³-hybridized carbons (Fsp3) is 0.643. The van der Waals surface area contributed by atoms with E-state index >= 15 is 0 Å². The Morgan fingerprint density at radius 3 is 2.26 bits per heavy atom. The average molecular weight is 569 g/mol. The van der Waals surface area contributed by atoms with Crippen LogP contribution < -0.4 is 0 Å². The van der Waals surface area contributed by atoms with E-state index in [0.717, 1.165) is 6.92 Å². The van der Waals surface area contributed by atoms with E-state index in [-0.39, 0.29) is 12.0 Å². The molecule has 39 heavy (non-hydrogen) atoms. The van der Waals surface area contributed by atoms with Crippen LogP contribution in [0.15, 0.2) is 36.5 Å². The summed E-state index contributed by atoms with van der Waals surface area (Å²) in [6, 6.07) is 0. The highest BCUT2D eigenvalue weighted by Gasteiger charge is 2.70. The number of hydrogen-bond donors (Lipinski definition) is 2. The number of carbonyl (C=O) groups is 4. The number of ether oxygens (including phenoxy) is 4. The molecule has 0 bridgehead atoms. The zero-order valence-corrected chi connectivity index (χ0v) is 23.8. The van der Waals surface area contributed by atoms with Gasteiger partial charge in [-0.05, 0) is 38.0 Å². The van der Waals surface area contributed by atoms with E-state index in [1.54, 1.807) is 19.1 Å². The van der Waals surface area contributed by atoms with E-state index in [1.165, 1.54) is 32.9 Å². The van der Waals surface area contributed by atoms with Crippen LogP contribution in [-0.4, -0.2) is 75.1 Å². The molecule has 0 aromatic rings. The summed E-state index contributed by atoms with van der Waals surface area (Å²) in [5, 5.41) is 23.3. The largest absolute Gasteiger partial charge is 0.459 e. The molecule has 1 aliphatic heterocycles. The van der Waals surface area contributed by atoms with Gasteiger partial charge in [-0.3, -0.25) is 19.2 Å². The van der Waals surface area contributed by atoms with E-state index in [1.807, 2.05) is 6.92 Å². The number of alkyl halides is 1. The van der Waals surface area contributed by atoms with Crippen molar-refractivity contribution in [3.63, 3.8) is 0 Å². The summed E-state index contributed by atoms with van der Waals surface area (Å²) in [6.07, 6.45) is 1.31. The van der Waals surface area contributed by atoms with Gasteiger partial charge < -0.3 is 29.2 Å². The first-order chi connectivity index (χ1) is 18.0. The molecule has 0 saturated carbocycles. The Hall–Kier alpha value is -2.69. The van der Waals surface area contributed by atoms with Gasteiger partial charge in [-0.25, -0.2) is 0 Å². The molecule has 10 nitrogen and oxygen atoms in total. The first kappa shape index (κ1) is 30.8. The van der Waals surface area contributed by atoms with E-state index in [2.05, 4.69) is 6.58 Å². The van der Waals surface area contributed by atoms with Crippen LogP contribution in [0, 0.1) is 17.3 Å². The van der Waals surface area contributed by atoms with Crippen LogP contribution in [0.4, 0.5) is 0 Å². The van der Waals surface area contributed by atoms with Gasteiger partial charge in [0.25, 0.3) is 0 Å². The Morgan fingerprint density at radius 1 is 1.08 bits per heavy atom. The van der Waals surface area contributed by atoms with Crippen LogP contribution in [0.1, 0.15) is 54.4 Å².